The number of hydrogen-bond acceptors (Lipinski definition) is 6. The minimum absolute atomic E-state index is 0.0668. The first-order valence-corrected chi connectivity index (χ1v) is 10.6. The van der Waals surface area contributed by atoms with E-state index in [2.05, 4.69) is 15.5 Å². The van der Waals surface area contributed by atoms with Gasteiger partial charge in [0.05, 0.1) is 12.2 Å². The van der Waals surface area contributed by atoms with Gasteiger partial charge in [-0.25, -0.2) is 8.42 Å². The van der Waals surface area contributed by atoms with Crippen molar-refractivity contribution in [3.05, 3.63) is 77.7 Å². The van der Waals surface area contributed by atoms with E-state index in [-0.39, 0.29) is 22.8 Å². The first-order chi connectivity index (χ1) is 13.5. The number of sulfone groups is 1. The largest absolute Gasteiger partial charge is 0.413 e. The highest BCUT2D eigenvalue weighted by molar-refractivity contribution is 7.90. The third-order valence-corrected chi connectivity index (χ3v) is 5.42. The van der Waals surface area contributed by atoms with E-state index in [1.807, 2.05) is 36.4 Å². The molecule has 0 atom stereocenters. The minimum atomic E-state index is -3.68. The van der Waals surface area contributed by atoms with Crippen LogP contribution in [0.15, 0.2) is 70.3 Å². The average Bonchev–Trinajstić information content (AvgIpc) is 3.17. The van der Waals surface area contributed by atoms with Gasteiger partial charge in [0.25, 0.3) is 0 Å². The number of nitrogens with zero attached hydrogens (tertiary/aromatic N) is 2. The molecular weight excluding hydrogens is 378 g/mol. The van der Waals surface area contributed by atoms with Gasteiger partial charge in [-0.05, 0) is 17.5 Å². The molecular formula is C20H21N3O4S. The summed E-state index contributed by atoms with van der Waals surface area (Å²) in [5.74, 6) is -0.0165. The van der Waals surface area contributed by atoms with Gasteiger partial charge in [-0.2, -0.15) is 0 Å². The molecule has 146 valence electrons. The van der Waals surface area contributed by atoms with Crippen molar-refractivity contribution in [2.75, 3.05) is 6.54 Å². The first kappa shape index (κ1) is 19.8. The highest BCUT2D eigenvalue weighted by atomic mass is 32.2. The zero-order valence-electron chi connectivity index (χ0n) is 15.2. The van der Waals surface area contributed by atoms with Gasteiger partial charge >= 0.3 is 5.22 Å². The van der Waals surface area contributed by atoms with E-state index >= 15 is 0 Å². The second kappa shape index (κ2) is 9.27. The van der Waals surface area contributed by atoms with Crippen LogP contribution < -0.4 is 5.32 Å². The van der Waals surface area contributed by atoms with Crippen molar-refractivity contribution in [2.24, 2.45) is 0 Å². The molecule has 1 N–H and O–H groups in total. The lowest BCUT2D eigenvalue weighted by Gasteiger charge is -2.04. The van der Waals surface area contributed by atoms with Crippen molar-refractivity contribution in [1.82, 2.24) is 15.5 Å². The second-order valence-electron chi connectivity index (χ2n) is 6.32. The molecule has 0 unspecified atom stereocenters. The maximum atomic E-state index is 12.4. The van der Waals surface area contributed by atoms with Gasteiger partial charge in [0.1, 0.15) is 0 Å². The Kier molecular flexibility index (Phi) is 6.54. The van der Waals surface area contributed by atoms with Gasteiger partial charge in [0, 0.05) is 13.0 Å². The second-order valence-corrected chi connectivity index (χ2v) is 8.19. The first-order valence-electron chi connectivity index (χ1n) is 8.92. The molecule has 2 aromatic carbocycles. The summed E-state index contributed by atoms with van der Waals surface area (Å²) in [4.78, 5) is 11.9. The molecule has 7 nitrogen and oxygen atoms in total. The van der Waals surface area contributed by atoms with Crippen molar-refractivity contribution >= 4 is 15.7 Å². The Morgan fingerprint density at radius 3 is 2.25 bits per heavy atom. The fourth-order valence-corrected chi connectivity index (χ4v) is 3.77. The molecule has 28 heavy (non-hydrogen) atoms. The van der Waals surface area contributed by atoms with Crippen molar-refractivity contribution < 1.29 is 17.6 Å². The van der Waals surface area contributed by atoms with Gasteiger partial charge in [-0.1, -0.05) is 65.8 Å². The van der Waals surface area contributed by atoms with Crippen LogP contribution >= 0.6 is 0 Å². The Labute approximate surface area is 163 Å². The summed E-state index contributed by atoms with van der Waals surface area (Å²) in [5, 5.41) is 9.91. The van der Waals surface area contributed by atoms with Gasteiger partial charge in [0.2, 0.25) is 21.6 Å². The highest BCUT2D eigenvalue weighted by Gasteiger charge is 2.22. The van der Waals surface area contributed by atoms with Crippen LogP contribution in [0.4, 0.5) is 0 Å². The third kappa shape index (κ3) is 5.75. The zero-order chi connectivity index (χ0) is 19.8. The molecule has 0 saturated heterocycles. The molecule has 8 heteroatoms. The van der Waals surface area contributed by atoms with E-state index in [1.54, 1.807) is 24.3 Å². The quantitative estimate of drug-likeness (QED) is 0.554. The van der Waals surface area contributed by atoms with E-state index in [0.717, 1.165) is 5.56 Å². The van der Waals surface area contributed by atoms with Crippen LogP contribution in [-0.4, -0.2) is 31.1 Å². The average molecular weight is 399 g/mol. The lowest BCUT2D eigenvalue weighted by atomic mass is 10.1. The molecule has 0 fully saturated rings. The molecule has 0 aliphatic carbocycles. The Balaban J connectivity index is 1.45. The number of carbonyl (C=O) groups is 1. The van der Waals surface area contributed by atoms with Crippen LogP contribution in [0.2, 0.25) is 0 Å². The lowest BCUT2D eigenvalue weighted by Crippen LogP contribution is -2.26. The topological polar surface area (TPSA) is 102 Å². The predicted octanol–water partition coefficient (Wildman–Crippen LogP) is 2.33. The van der Waals surface area contributed by atoms with E-state index < -0.39 is 9.84 Å². The number of carbonyl (C=O) groups excluding carboxylic acids is 1. The summed E-state index contributed by atoms with van der Waals surface area (Å²) in [5.41, 5.74) is 1.61. The van der Waals surface area contributed by atoms with Gasteiger partial charge in [-0.15, -0.1) is 5.10 Å². The fraction of sp³-hybridized carbons (Fsp3) is 0.250. The Hall–Kier alpha value is -3.00. The molecule has 0 aliphatic rings. The monoisotopic (exact) mass is 399 g/mol. The zero-order valence-corrected chi connectivity index (χ0v) is 16.1. The number of rotatable bonds is 9. The van der Waals surface area contributed by atoms with Crippen LogP contribution in [0.1, 0.15) is 23.4 Å². The molecule has 1 amide bonds. The van der Waals surface area contributed by atoms with Gasteiger partial charge in [0.15, 0.2) is 0 Å². The molecule has 3 aromatic rings. The maximum absolute atomic E-state index is 12.4. The maximum Gasteiger partial charge on any atom is 0.335 e. The Bertz CT molecular complexity index is 1000. The van der Waals surface area contributed by atoms with Crippen LogP contribution in [0.3, 0.4) is 0 Å². The number of hydrogen-bond donors (Lipinski definition) is 1. The summed E-state index contributed by atoms with van der Waals surface area (Å²) in [6, 6.07) is 18.3. The summed E-state index contributed by atoms with van der Waals surface area (Å²) in [6.45, 7) is 0.445. The van der Waals surface area contributed by atoms with Crippen molar-refractivity contribution in [1.29, 1.82) is 0 Å². The number of nitrogens with one attached hydrogen (secondary N) is 1. The normalized spacial score (nSPS) is 11.3. The highest BCUT2D eigenvalue weighted by Crippen LogP contribution is 2.15. The van der Waals surface area contributed by atoms with Crippen molar-refractivity contribution in [3.8, 4) is 0 Å². The number of aryl methyl sites for hydroxylation is 1. The number of amides is 1. The molecule has 0 spiro atoms. The van der Waals surface area contributed by atoms with Crippen molar-refractivity contribution in [2.45, 2.75) is 30.2 Å². The van der Waals surface area contributed by atoms with Crippen molar-refractivity contribution in [3.63, 3.8) is 0 Å². The minimum Gasteiger partial charge on any atom is -0.413 e. The Morgan fingerprint density at radius 2 is 1.57 bits per heavy atom. The van der Waals surface area contributed by atoms with Gasteiger partial charge in [-0.3, -0.25) is 4.79 Å². The van der Waals surface area contributed by atoms with E-state index in [1.165, 1.54) is 0 Å². The smallest absolute Gasteiger partial charge is 0.335 e. The SMILES string of the molecule is O=C(Cc1ccccc1)NCCCc1nnc(S(=O)(=O)Cc2ccccc2)o1. The predicted molar refractivity (Wildman–Crippen MR) is 103 cm³/mol. The van der Waals surface area contributed by atoms with Crippen LogP contribution in [0.25, 0.3) is 0 Å². The molecule has 0 radical (unpaired) electrons. The van der Waals surface area contributed by atoms with Gasteiger partial charge < -0.3 is 9.73 Å². The molecule has 3 rings (SSSR count). The standard InChI is InChI=1S/C20H21N3O4S/c24-18(14-16-8-3-1-4-9-16)21-13-7-12-19-22-23-20(27-19)28(25,26)15-17-10-5-2-6-11-17/h1-6,8-11H,7,12-15H2,(H,21,24). The van der Waals surface area contributed by atoms with Crippen LogP contribution in [0, 0.1) is 0 Å². The third-order valence-electron chi connectivity index (χ3n) is 4.01. The number of aromatic nitrogens is 2. The summed E-state index contributed by atoms with van der Waals surface area (Å²) in [7, 11) is -3.68. The van der Waals surface area contributed by atoms with Crippen LogP contribution in [-0.2, 0) is 33.2 Å². The number of benzene rings is 2. The molecule has 0 saturated carbocycles. The summed E-state index contributed by atoms with van der Waals surface area (Å²) < 4.78 is 30.0. The molecule has 0 bridgehead atoms. The molecule has 0 aliphatic heterocycles. The van der Waals surface area contributed by atoms with Crippen LogP contribution in [0.5, 0.6) is 0 Å². The summed E-state index contributed by atoms with van der Waals surface area (Å²) in [6.07, 6.45) is 1.28. The molecule has 1 aromatic heterocycles. The fourth-order valence-electron chi connectivity index (χ4n) is 2.63. The van der Waals surface area contributed by atoms with E-state index in [9.17, 15) is 13.2 Å². The van der Waals surface area contributed by atoms with E-state index in [0.29, 0.717) is 31.4 Å². The lowest BCUT2D eigenvalue weighted by molar-refractivity contribution is -0.120. The Morgan fingerprint density at radius 1 is 0.929 bits per heavy atom. The molecule has 1 heterocycles. The summed E-state index contributed by atoms with van der Waals surface area (Å²) >= 11 is 0. The van der Waals surface area contributed by atoms with E-state index in [4.69, 9.17) is 4.42 Å².